The van der Waals surface area contributed by atoms with Crippen molar-refractivity contribution in [1.82, 2.24) is 0 Å². The lowest BCUT2D eigenvalue weighted by atomic mass is 9.81. The normalized spacial score (nSPS) is 14.5. The Bertz CT molecular complexity index is 2490. The van der Waals surface area contributed by atoms with E-state index in [4.69, 9.17) is 92.8 Å². The largest absolute Gasteiger partial charge is 0.268 e. The molecule has 0 spiro atoms. The summed E-state index contributed by atoms with van der Waals surface area (Å²) in [6.45, 7) is 0. The quantitative estimate of drug-likeness (QED) is 0.0989. The van der Waals surface area contributed by atoms with E-state index in [2.05, 4.69) is 0 Å². The Balaban J connectivity index is 1.54. The molecule has 0 saturated carbocycles. The van der Waals surface area contributed by atoms with E-state index in [0.717, 1.165) is 9.80 Å². The molecule has 0 N–H and O–H groups in total. The summed E-state index contributed by atoms with van der Waals surface area (Å²) in [5.74, 6) is -3.06. The number of amides is 4. The highest BCUT2D eigenvalue weighted by atomic mass is 35.5. The summed E-state index contributed by atoms with van der Waals surface area (Å²) in [4.78, 5) is 58.9. The average Bonchev–Trinajstić information content (AvgIpc) is 3.10. The highest BCUT2D eigenvalue weighted by molar-refractivity contribution is 6.64. The molecule has 2 heterocycles. The van der Waals surface area contributed by atoms with Gasteiger partial charge in [0.05, 0.1) is 73.8 Å². The van der Waals surface area contributed by atoms with Gasteiger partial charge in [-0.2, -0.15) is 0 Å². The first-order chi connectivity index (χ1) is 23.9. The summed E-state index contributed by atoms with van der Waals surface area (Å²) >= 11 is 56.2. The van der Waals surface area contributed by atoms with Crippen molar-refractivity contribution in [2.75, 3.05) is 9.80 Å². The van der Waals surface area contributed by atoms with Crippen LogP contribution in [0.4, 0.5) is 11.4 Å². The highest BCUT2D eigenvalue weighted by Crippen LogP contribution is 2.59. The molecule has 0 atom stereocenters. The predicted molar refractivity (Wildman–Crippen MR) is 203 cm³/mol. The summed E-state index contributed by atoms with van der Waals surface area (Å²) in [7, 11) is 0. The zero-order valence-electron chi connectivity index (χ0n) is 24.3. The molecule has 0 fully saturated rings. The third-order valence-corrected chi connectivity index (χ3v) is 12.6. The van der Waals surface area contributed by atoms with Gasteiger partial charge >= 0.3 is 0 Å². The molecular formula is C36H10Cl8N2O4. The summed E-state index contributed by atoms with van der Waals surface area (Å²) in [5.41, 5.74) is 0.0577. The third-order valence-electron chi connectivity index (χ3n) is 9.22. The molecule has 244 valence electrons. The van der Waals surface area contributed by atoms with Gasteiger partial charge in [0.15, 0.2) is 0 Å². The second-order valence-corrected chi connectivity index (χ2v) is 14.6. The molecule has 0 aromatic heterocycles. The number of hydrogen-bond donors (Lipinski definition) is 0. The molecule has 2 aliphatic heterocycles. The number of carbonyl (C=O) groups excluding carboxylic acids is 4. The molecule has 7 aromatic rings. The van der Waals surface area contributed by atoms with Gasteiger partial charge < -0.3 is 0 Å². The van der Waals surface area contributed by atoms with E-state index in [1.807, 2.05) is 0 Å². The van der Waals surface area contributed by atoms with Gasteiger partial charge in [-0.15, -0.1) is 0 Å². The van der Waals surface area contributed by atoms with Crippen LogP contribution in [-0.4, -0.2) is 23.6 Å². The van der Waals surface area contributed by atoms with E-state index in [0.29, 0.717) is 0 Å². The second kappa shape index (κ2) is 11.0. The fourth-order valence-electron chi connectivity index (χ4n) is 7.25. The average molecular weight is 818 g/mol. The minimum atomic E-state index is -0.766. The van der Waals surface area contributed by atoms with Crippen molar-refractivity contribution in [2.24, 2.45) is 0 Å². The maximum absolute atomic E-state index is 14.3. The smallest absolute Gasteiger partial charge is 0.267 e. The number of fused-ring (bicyclic) bond motifs is 2. The van der Waals surface area contributed by atoms with Crippen molar-refractivity contribution < 1.29 is 19.2 Å². The van der Waals surface area contributed by atoms with E-state index in [1.165, 1.54) is 0 Å². The molecule has 0 unspecified atom stereocenters. The van der Waals surface area contributed by atoms with Crippen LogP contribution in [0.15, 0.2) is 60.7 Å². The molecule has 50 heavy (non-hydrogen) atoms. The number of imide groups is 2. The van der Waals surface area contributed by atoms with Gasteiger partial charge in [0.2, 0.25) is 0 Å². The monoisotopic (exact) mass is 814 g/mol. The van der Waals surface area contributed by atoms with Crippen LogP contribution in [0.25, 0.3) is 43.1 Å². The molecular weight excluding hydrogens is 808 g/mol. The Morgan fingerprint density at radius 1 is 0.300 bits per heavy atom. The number of rotatable bonds is 2. The van der Waals surface area contributed by atoms with Gasteiger partial charge in [-0.05, 0) is 24.3 Å². The first-order valence-corrected chi connectivity index (χ1v) is 17.5. The molecule has 7 aromatic carbocycles. The van der Waals surface area contributed by atoms with Crippen LogP contribution in [0.2, 0.25) is 40.2 Å². The molecule has 0 bridgehead atoms. The van der Waals surface area contributed by atoms with Crippen LogP contribution in [0.5, 0.6) is 0 Å². The van der Waals surface area contributed by atoms with E-state index in [-0.39, 0.29) is 117 Å². The third kappa shape index (κ3) is 3.81. The minimum absolute atomic E-state index is 0.0572. The number of anilines is 2. The number of hydrogen-bond acceptors (Lipinski definition) is 4. The van der Waals surface area contributed by atoms with E-state index in [9.17, 15) is 19.2 Å². The predicted octanol–water partition coefficient (Wildman–Crippen LogP) is 12.6. The number of carbonyl (C=O) groups is 4. The van der Waals surface area contributed by atoms with Gasteiger partial charge in [-0.1, -0.05) is 129 Å². The molecule has 6 nitrogen and oxygen atoms in total. The first-order valence-electron chi connectivity index (χ1n) is 14.5. The molecule has 0 saturated heterocycles. The number of benzene rings is 7. The number of halogens is 8. The standard InChI is InChI=1S/C36H10Cl8N2O4/c37-25-17-13-15-21(29(25)41)33(47)45(11-7-3-1-4-8-11)34(48)22(15)30(42)26(38)18(13)20-14-16-23(31(43)27(39)19(14)17)35(49)46(12-9-5-2-6-10-12)36(50)24(16)32(44)28(20)40/h1-10H. The fraction of sp³-hybridized carbons (Fsp3) is 0. The summed E-state index contributed by atoms with van der Waals surface area (Å²) < 4.78 is 0. The highest BCUT2D eigenvalue weighted by Gasteiger charge is 2.44. The maximum Gasteiger partial charge on any atom is 0.267 e. The molecule has 9 rings (SSSR count). The summed E-state index contributed by atoms with van der Waals surface area (Å²) in [5, 5.41) is -0.352. The van der Waals surface area contributed by atoms with Gasteiger partial charge in [-0.25, -0.2) is 9.80 Å². The lowest BCUT2D eigenvalue weighted by Gasteiger charge is -2.33. The lowest BCUT2D eigenvalue weighted by molar-refractivity contribution is 0.0878. The fourth-order valence-corrected chi connectivity index (χ4v) is 9.47. The van der Waals surface area contributed by atoms with Gasteiger partial charge in [-0.3, -0.25) is 19.2 Å². The van der Waals surface area contributed by atoms with E-state index >= 15 is 0 Å². The first kappa shape index (κ1) is 32.4. The second-order valence-electron chi connectivity index (χ2n) is 11.6. The van der Waals surface area contributed by atoms with Crippen molar-refractivity contribution in [3.63, 3.8) is 0 Å². The summed E-state index contributed by atoms with van der Waals surface area (Å²) in [6.07, 6.45) is 0. The lowest BCUT2D eigenvalue weighted by Crippen LogP contribution is -2.41. The molecule has 0 radical (unpaired) electrons. The Morgan fingerprint density at radius 3 is 0.780 bits per heavy atom. The Morgan fingerprint density at radius 2 is 0.540 bits per heavy atom. The van der Waals surface area contributed by atoms with Crippen molar-refractivity contribution >= 4 is 171 Å². The van der Waals surface area contributed by atoms with Crippen LogP contribution >= 0.6 is 92.8 Å². The Labute approximate surface area is 320 Å². The van der Waals surface area contributed by atoms with Crippen LogP contribution in [0, 0.1) is 0 Å². The van der Waals surface area contributed by atoms with Crippen molar-refractivity contribution in [3.8, 4) is 0 Å². The Kier molecular flexibility index (Phi) is 7.10. The van der Waals surface area contributed by atoms with E-state index < -0.39 is 23.6 Å². The zero-order valence-corrected chi connectivity index (χ0v) is 30.4. The topological polar surface area (TPSA) is 74.8 Å². The zero-order chi connectivity index (χ0) is 35.2. The van der Waals surface area contributed by atoms with Gasteiger partial charge in [0, 0.05) is 43.1 Å². The van der Waals surface area contributed by atoms with Crippen molar-refractivity contribution in [3.05, 3.63) is 123 Å². The number of nitrogens with zero attached hydrogens (tertiary/aromatic N) is 2. The van der Waals surface area contributed by atoms with Crippen LogP contribution < -0.4 is 9.80 Å². The maximum atomic E-state index is 14.3. The SMILES string of the molecule is O=C1c2c(Cl)c(Cl)c3c4c(Cl)c(Cl)c5c6c(c(Cl)c(Cl)c(c7c(Cl)c(Cl)c(c2c37)C(=O)N1c1ccccc1)c64)C(=O)N(c1ccccc1)C5=O. The summed E-state index contributed by atoms with van der Waals surface area (Å²) in [6, 6.07) is 16.4. The van der Waals surface area contributed by atoms with Crippen molar-refractivity contribution in [2.45, 2.75) is 0 Å². The molecule has 14 heteroatoms. The van der Waals surface area contributed by atoms with Crippen molar-refractivity contribution in [1.29, 1.82) is 0 Å². The van der Waals surface area contributed by atoms with Crippen LogP contribution in [-0.2, 0) is 0 Å². The number of para-hydroxylation sites is 2. The minimum Gasteiger partial charge on any atom is -0.268 e. The van der Waals surface area contributed by atoms with Crippen LogP contribution in [0.1, 0.15) is 41.4 Å². The van der Waals surface area contributed by atoms with E-state index in [1.54, 1.807) is 60.7 Å². The van der Waals surface area contributed by atoms with Gasteiger partial charge in [0.25, 0.3) is 23.6 Å². The molecule has 0 aliphatic carbocycles. The molecule has 4 amide bonds. The Hall–Kier alpha value is -3.56. The van der Waals surface area contributed by atoms with Crippen LogP contribution in [0.3, 0.4) is 0 Å². The molecule has 2 aliphatic rings. The van der Waals surface area contributed by atoms with Gasteiger partial charge in [0.1, 0.15) is 0 Å².